The number of carbonyl (C=O) groups is 2. The quantitative estimate of drug-likeness (QED) is 0.688. The van der Waals surface area contributed by atoms with E-state index in [1.54, 1.807) is 14.0 Å². The fourth-order valence-electron chi connectivity index (χ4n) is 2.10. The Labute approximate surface area is 102 Å². The number of rotatable bonds is 1. The van der Waals surface area contributed by atoms with Crippen LogP contribution in [0.5, 0.6) is 5.75 Å². The summed E-state index contributed by atoms with van der Waals surface area (Å²) in [4.78, 5) is 36.1. The number of nitrogens with zero attached hydrogens (tertiary/aromatic N) is 2. The van der Waals surface area contributed by atoms with Gasteiger partial charge in [-0.05, 0) is 6.92 Å². The van der Waals surface area contributed by atoms with Crippen LogP contribution in [0.2, 0.25) is 0 Å². The summed E-state index contributed by atoms with van der Waals surface area (Å²) < 4.78 is 1.42. The average molecular weight is 251 g/mol. The number of fused-ring (bicyclic) bond motifs is 1. The molecule has 0 aromatic carbocycles. The van der Waals surface area contributed by atoms with Crippen molar-refractivity contribution >= 4 is 11.8 Å². The van der Waals surface area contributed by atoms with Gasteiger partial charge in [0.2, 0.25) is 5.43 Å². The molecule has 0 saturated carbocycles. The van der Waals surface area contributed by atoms with E-state index in [2.05, 4.69) is 0 Å². The zero-order chi connectivity index (χ0) is 13.6. The van der Waals surface area contributed by atoms with Gasteiger partial charge in [0.05, 0.1) is 0 Å². The summed E-state index contributed by atoms with van der Waals surface area (Å²) in [7, 11) is 1.58. The Kier molecular flexibility index (Phi) is 2.61. The van der Waals surface area contributed by atoms with Crippen molar-refractivity contribution in [2.75, 3.05) is 13.6 Å². The van der Waals surface area contributed by atoms with Crippen molar-refractivity contribution in [3.05, 3.63) is 27.7 Å². The van der Waals surface area contributed by atoms with E-state index in [-0.39, 0.29) is 17.3 Å². The van der Waals surface area contributed by atoms with Crippen molar-refractivity contribution in [1.29, 1.82) is 0 Å². The van der Waals surface area contributed by atoms with Crippen LogP contribution in [0.15, 0.2) is 11.0 Å². The van der Waals surface area contributed by atoms with Gasteiger partial charge >= 0.3 is 0 Å². The van der Waals surface area contributed by atoms with Gasteiger partial charge in [-0.1, -0.05) is 0 Å². The molecular formula is C11H13N3O4. The van der Waals surface area contributed by atoms with E-state index in [1.165, 1.54) is 15.7 Å². The summed E-state index contributed by atoms with van der Waals surface area (Å²) >= 11 is 0. The van der Waals surface area contributed by atoms with Gasteiger partial charge in [-0.25, -0.2) is 0 Å². The zero-order valence-corrected chi connectivity index (χ0v) is 10.0. The molecule has 7 heteroatoms. The van der Waals surface area contributed by atoms with Crippen LogP contribution in [0, 0.1) is 0 Å². The summed E-state index contributed by atoms with van der Waals surface area (Å²) in [5.74, 6) is -2.11. The molecule has 0 spiro atoms. The molecule has 2 amide bonds. The van der Waals surface area contributed by atoms with Crippen LogP contribution in [0.1, 0.15) is 33.8 Å². The molecule has 1 aliphatic rings. The van der Waals surface area contributed by atoms with Crippen molar-refractivity contribution in [1.82, 2.24) is 9.47 Å². The Morgan fingerprint density at radius 1 is 1.50 bits per heavy atom. The van der Waals surface area contributed by atoms with Crippen molar-refractivity contribution in [2.45, 2.75) is 13.0 Å². The normalized spacial score (nSPS) is 18.7. The Morgan fingerprint density at radius 3 is 2.67 bits per heavy atom. The van der Waals surface area contributed by atoms with Crippen LogP contribution in [0.3, 0.4) is 0 Å². The van der Waals surface area contributed by atoms with Crippen LogP contribution >= 0.6 is 0 Å². The number of hydrogen-bond donors (Lipinski definition) is 2. The molecule has 18 heavy (non-hydrogen) atoms. The highest BCUT2D eigenvalue weighted by Crippen LogP contribution is 2.24. The van der Waals surface area contributed by atoms with E-state index in [9.17, 15) is 19.5 Å². The van der Waals surface area contributed by atoms with Crippen LogP contribution in [0.4, 0.5) is 0 Å². The highest BCUT2D eigenvalue weighted by molar-refractivity contribution is 5.98. The summed E-state index contributed by atoms with van der Waals surface area (Å²) in [6.45, 7) is 2.23. The third-order valence-electron chi connectivity index (χ3n) is 3.04. The minimum absolute atomic E-state index is 0.105. The monoisotopic (exact) mass is 251 g/mol. The first kappa shape index (κ1) is 12.2. The molecule has 7 nitrogen and oxygen atoms in total. The highest BCUT2D eigenvalue weighted by Gasteiger charge is 2.31. The molecule has 2 heterocycles. The van der Waals surface area contributed by atoms with Gasteiger partial charge in [0.1, 0.15) is 5.56 Å². The van der Waals surface area contributed by atoms with Gasteiger partial charge in [-0.15, -0.1) is 0 Å². The minimum atomic E-state index is -0.927. The van der Waals surface area contributed by atoms with E-state index in [4.69, 9.17) is 5.73 Å². The van der Waals surface area contributed by atoms with E-state index < -0.39 is 23.0 Å². The number of nitrogens with two attached hydrogens (primary N) is 1. The third-order valence-corrected chi connectivity index (χ3v) is 3.04. The SMILES string of the molecule is C[C@H]1CN(C)C(=O)c2c(O)c(=O)c(C(N)=O)cn21. The van der Waals surface area contributed by atoms with Crippen molar-refractivity contribution in [2.24, 2.45) is 5.73 Å². The number of primary amides is 1. The van der Waals surface area contributed by atoms with E-state index in [0.29, 0.717) is 6.54 Å². The lowest BCUT2D eigenvalue weighted by Crippen LogP contribution is -2.42. The standard InChI is InChI=1S/C11H13N3O4/c1-5-3-13(2)11(18)7-9(16)8(15)6(10(12)17)4-14(5)7/h4-5,16H,3H2,1-2H3,(H2,12,17)/t5-/m0/s1. The van der Waals surface area contributed by atoms with Crippen LogP contribution in [-0.2, 0) is 0 Å². The first-order valence-corrected chi connectivity index (χ1v) is 5.38. The lowest BCUT2D eigenvalue weighted by Gasteiger charge is -2.32. The number of carbonyl (C=O) groups excluding carboxylic acids is 2. The predicted octanol–water partition coefficient (Wildman–Crippen LogP) is -0.701. The summed E-state index contributed by atoms with van der Waals surface area (Å²) in [6, 6.07) is -0.160. The number of likely N-dealkylation sites (N-methyl/N-ethyl adjacent to an activating group) is 1. The summed E-state index contributed by atoms with van der Waals surface area (Å²) in [5, 5.41) is 9.79. The van der Waals surface area contributed by atoms with Gasteiger partial charge in [0, 0.05) is 25.8 Å². The lowest BCUT2D eigenvalue weighted by molar-refractivity contribution is 0.0715. The second kappa shape index (κ2) is 3.86. The topological polar surface area (TPSA) is 106 Å². The Morgan fingerprint density at radius 2 is 2.11 bits per heavy atom. The second-order valence-electron chi connectivity index (χ2n) is 4.38. The fourth-order valence-corrected chi connectivity index (χ4v) is 2.10. The van der Waals surface area contributed by atoms with Gasteiger partial charge in [-0.3, -0.25) is 14.4 Å². The predicted molar refractivity (Wildman–Crippen MR) is 62.6 cm³/mol. The molecule has 0 aliphatic carbocycles. The third kappa shape index (κ3) is 1.55. The van der Waals surface area contributed by atoms with Crippen LogP contribution in [0.25, 0.3) is 0 Å². The first-order valence-electron chi connectivity index (χ1n) is 5.38. The molecule has 1 aromatic heterocycles. The molecular weight excluding hydrogens is 238 g/mol. The van der Waals surface area contributed by atoms with E-state index in [1.807, 2.05) is 0 Å². The largest absolute Gasteiger partial charge is 0.503 e. The maximum absolute atomic E-state index is 11.9. The first-order chi connectivity index (χ1) is 8.34. The lowest BCUT2D eigenvalue weighted by atomic mass is 10.1. The molecule has 96 valence electrons. The van der Waals surface area contributed by atoms with Gasteiger partial charge < -0.3 is 20.3 Å². The molecule has 3 N–H and O–H groups in total. The minimum Gasteiger partial charge on any atom is -0.503 e. The maximum Gasteiger partial charge on any atom is 0.274 e. The Bertz CT molecular complexity index is 605. The van der Waals surface area contributed by atoms with Gasteiger partial charge in [-0.2, -0.15) is 0 Å². The van der Waals surface area contributed by atoms with Crippen molar-refractivity contribution in [3.63, 3.8) is 0 Å². The van der Waals surface area contributed by atoms with Gasteiger partial charge in [0.25, 0.3) is 11.8 Å². The number of aromatic nitrogens is 1. The molecule has 1 aliphatic heterocycles. The molecule has 0 unspecified atom stereocenters. The van der Waals surface area contributed by atoms with Crippen molar-refractivity contribution in [3.8, 4) is 5.75 Å². The highest BCUT2D eigenvalue weighted by atomic mass is 16.3. The van der Waals surface area contributed by atoms with Crippen LogP contribution < -0.4 is 11.2 Å². The number of aromatic hydroxyl groups is 1. The Hall–Kier alpha value is -2.31. The maximum atomic E-state index is 11.9. The second-order valence-corrected chi connectivity index (χ2v) is 4.38. The Balaban J connectivity index is 2.80. The fraction of sp³-hybridized carbons (Fsp3) is 0.364. The van der Waals surface area contributed by atoms with Gasteiger partial charge in [0.15, 0.2) is 11.4 Å². The number of amides is 2. The zero-order valence-electron chi connectivity index (χ0n) is 10.0. The molecule has 0 bridgehead atoms. The smallest absolute Gasteiger partial charge is 0.274 e. The molecule has 1 aromatic rings. The van der Waals surface area contributed by atoms with E-state index in [0.717, 1.165) is 0 Å². The molecule has 1 atom stereocenters. The molecule has 2 rings (SSSR count). The van der Waals surface area contributed by atoms with Crippen LogP contribution in [-0.4, -0.2) is 40.0 Å². The summed E-state index contributed by atoms with van der Waals surface area (Å²) in [6.07, 6.45) is 1.23. The average Bonchev–Trinajstić information content (AvgIpc) is 2.29. The summed E-state index contributed by atoms with van der Waals surface area (Å²) in [5.41, 5.74) is 3.73. The number of pyridine rings is 1. The number of hydrogen-bond acceptors (Lipinski definition) is 4. The molecule has 0 radical (unpaired) electrons. The van der Waals surface area contributed by atoms with E-state index >= 15 is 0 Å². The molecule has 0 saturated heterocycles. The van der Waals surface area contributed by atoms with Crippen molar-refractivity contribution < 1.29 is 14.7 Å². The molecule has 0 fully saturated rings.